The lowest BCUT2D eigenvalue weighted by molar-refractivity contribution is -0.389. The Morgan fingerprint density at radius 3 is 2.90 bits per heavy atom. The van der Waals surface area contributed by atoms with Crippen molar-refractivity contribution in [2.24, 2.45) is 0 Å². The Bertz CT molecular complexity index is 684. The van der Waals surface area contributed by atoms with Crippen molar-refractivity contribution in [3.8, 4) is 0 Å². The maximum Gasteiger partial charge on any atom is 0.389 e. The molecule has 21 heavy (non-hydrogen) atoms. The molecule has 2 rings (SSSR count). The van der Waals surface area contributed by atoms with Crippen LogP contribution in [-0.4, -0.2) is 20.6 Å². The van der Waals surface area contributed by atoms with E-state index >= 15 is 0 Å². The van der Waals surface area contributed by atoms with E-state index in [9.17, 15) is 19.3 Å². The van der Waals surface area contributed by atoms with Crippen LogP contribution in [0.1, 0.15) is 12.0 Å². The summed E-state index contributed by atoms with van der Waals surface area (Å²) in [6.07, 6.45) is 1.45. The van der Waals surface area contributed by atoms with Crippen LogP contribution in [0.25, 0.3) is 0 Å². The second-order valence-electron chi connectivity index (χ2n) is 4.48. The smallest absolute Gasteiger partial charge is 0.358 e. The summed E-state index contributed by atoms with van der Waals surface area (Å²) in [5.41, 5.74) is 0.945. The number of nitrogens with zero attached hydrogens (tertiary/aromatic N) is 3. The first-order valence-corrected chi connectivity index (χ1v) is 6.19. The van der Waals surface area contributed by atoms with Crippen LogP contribution in [-0.2, 0) is 11.3 Å². The van der Waals surface area contributed by atoms with E-state index in [0.717, 1.165) is 5.56 Å². The van der Waals surface area contributed by atoms with E-state index in [1.165, 1.54) is 29.1 Å². The molecular weight excluding hydrogens is 279 g/mol. The van der Waals surface area contributed by atoms with Gasteiger partial charge < -0.3 is 15.4 Å². The average molecular weight is 292 g/mol. The van der Waals surface area contributed by atoms with Gasteiger partial charge in [0.1, 0.15) is 5.82 Å². The third-order valence-electron chi connectivity index (χ3n) is 2.78. The number of hydrogen-bond donors (Lipinski definition) is 1. The van der Waals surface area contributed by atoms with Gasteiger partial charge in [-0.25, -0.2) is 4.39 Å². The summed E-state index contributed by atoms with van der Waals surface area (Å²) in [7, 11) is 0. The van der Waals surface area contributed by atoms with E-state index in [-0.39, 0.29) is 24.5 Å². The molecule has 0 bridgehead atoms. The minimum atomic E-state index is -0.612. The fraction of sp³-hybridized carbons (Fsp3) is 0.231. The molecule has 7 nitrogen and oxygen atoms in total. The number of amides is 1. The lowest BCUT2D eigenvalue weighted by atomic mass is 10.2. The molecule has 0 spiro atoms. The van der Waals surface area contributed by atoms with Crippen LogP contribution < -0.4 is 5.32 Å². The molecule has 0 atom stereocenters. The zero-order valence-electron chi connectivity index (χ0n) is 11.2. The van der Waals surface area contributed by atoms with Crippen LogP contribution in [0.15, 0.2) is 30.5 Å². The Hall–Kier alpha value is -2.77. The molecule has 0 radical (unpaired) electrons. The van der Waals surface area contributed by atoms with Gasteiger partial charge in [0.2, 0.25) is 5.91 Å². The number of anilines is 1. The number of aromatic nitrogens is 2. The van der Waals surface area contributed by atoms with E-state index < -0.39 is 16.6 Å². The predicted octanol–water partition coefficient (Wildman–Crippen LogP) is 2.27. The van der Waals surface area contributed by atoms with Crippen molar-refractivity contribution < 1.29 is 14.1 Å². The molecule has 8 heteroatoms. The number of carbonyl (C=O) groups excluding carboxylic acids is 1. The van der Waals surface area contributed by atoms with Crippen molar-refractivity contribution in [3.05, 3.63) is 52.0 Å². The monoisotopic (exact) mass is 292 g/mol. The third kappa shape index (κ3) is 3.85. The highest BCUT2D eigenvalue weighted by Crippen LogP contribution is 2.16. The van der Waals surface area contributed by atoms with Crippen LogP contribution >= 0.6 is 0 Å². The maximum absolute atomic E-state index is 13.5. The van der Waals surface area contributed by atoms with Gasteiger partial charge in [0.25, 0.3) is 0 Å². The van der Waals surface area contributed by atoms with Gasteiger partial charge in [-0.2, -0.15) is 4.68 Å². The van der Waals surface area contributed by atoms with E-state index in [1.807, 2.05) is 0 Å². The topological polar surface area (TPSA) is 90.1 Å². The molecule has 1 aromatic carbocycles. The molecule has 0 unspecified atom stereocenters. The predicted molar refractivity (Wildman–Crippen MR) is 73.3 cm³/mol. The van der Waals surface area contributed by atoms with Gasteiger partial charge in [-0.1, -0.05) is 6.07 Å². The van der Waals surface area contributed by atoms with Crippen molar-refractivity contribution in [3.63, 3.8) is 0 Å². The van der Waals surface area contributed by atoms with Gasteiger partial charge >= 0.3 is 5.82 Å². The number of carbonyl (C=O) groups is 1. The number of aryl methyl sites for hydroxylation is 2. The first-order chi connectivity index (χ1) is 9.95. The van der Waals surface area contributed by atoms with Crippen LogP contribution in [0.2, 0.25) is 0 Å². The maximum atomic E-state index is 13.5. The molecule has 0 fully saturated rings. The normalized spacial score (nSPS) is 10.4. The Labute approximate surface area is 119 Å². The molecule has 1 amide bonds. The largest absolute Gasteiger partial charge is 0.389 e. The third-order valence-corrected chi connectivity index (χ3v) is 2.78. The number of nitro groups is 1. The van der Waals surface area contributed by atoms with E-state index in [0.29, 0.717) is 0 Å². The summed E-state index contributed by atoms with van der Waals surface area (Å²) in [5, 5.41) is 16.6. The van der Waals surface area contributed by atoms with Gasteiger partial charge in [0, 0.05) is 6.42 Å². The Kier molecular flexibility index (Phi) is 4.27. The Balaban J connectivity index is 1.92. The molecule has 1 aromatic heterocycles. The molecule has 0 saturated heterocycles. The zero-order valence-corrected chi connectivity index (χ0v) is 11.2. The number of hydrogen-bond acceptors (Lipinski definition) is 4. The van der Waals surface area contributed by atoms with Gasteiger partial charge in [-0.15, -0.1) is 0 Å². The first-order valence-electron chi connectivity index (χ1n) is 6.19. The van der Waals surface area contributed by atoms with Crippen molar-refractivity contribution in [2.45, 2.75) is 19.9 Å². The van der Waals surface area contributed by atoms with E-state index in [4.69, 9.17) is 0 Å². The highest BCUT2D eigenvalue weighted by Gasteiger charge is 2.12. The fourth-order valence-corrected chi connectivity index (χ4v) is 1.74. The van der Waals surface area contributed by atoms with Crippen molar-refractivity contribution in [2.75, 3.05) is 5.32 Å². The van der Waals surface area contributed by atoms with Gasteiger partial charge in [-0.05, 0) is 29.5 Å². The first kappa shape index (κ1) is 14.6. The molecule has 0 aliphatic rings. The summed E-state index contributed by atoms with van der Waals surface area (Å²) >= 11 is 0. The average Bonchev–Trinajstić information content (AvgIpc) is 2.90. The van der Waals surface area contributed by atoms with Crippen molar-refractivity contribution in [1.29, 1.82) is 0 Å². The molecular formula is C13H13FN4O3. The molecule has 0 aliphatic heterocycles. The van der Waals surface area contributed by atoms with Crippen molar-refractivity contribution in [1.82, 2.24) is 9.78 Å². The molecule has 110 valence electrons. The second kappa shape index (κ2) is 6.12. The quantitative estimate of drug-likeness (QED) is 0.676. The SMILES string of the molecule is Cc1ccc(F)c(NC(=O)CCn2ccc([N+](=O)[O-])n2)c1. The molecule has 1 N–H and O–H groups in total. The minimum absolute atomic E-state index is 0.0339. The Morgan fingerprint density at radius 1 is 1.48 bits per heavy atom. The summed E-state index contributed by atoms with van der Waals surface area (Å²) in [4.78, 5) is 21.6. The molecule has 0 saturated carbocycles. The summed E-state index contributed by atoms with van der Waals surface area (Å²) in [5.74, 6) is -1.18. The lowest BCUT2D eigenvalue weighted by Gasteiger charge is -2.06. The van der Waals surface area contributed by atoms with Crippen LogP contribution in [0.3, 0.4) is 0 Å². The fourth-order valence-electron chi connectivity index (χ4n) is 1.74. The molecule has 0 aliphatic carbocycles. The summed E-state index contributed by atoms with van der Waals surface area (Å²) < 4.78 is 14.8. The molecule has 2 aromatic rings. The van der Waals surface area contributed by atoms with E-state index in [2.05, 4.69) is 10.4 Å². The zero-order chi connectivity index (χ0) is 15.4. The number of rotatable bonds is 5. The highest BCUT2D eigenvalue weighted by atomic mass is 19.1. The number of nitrogens with one attached hydrogen (secondary N) is 1. The van der Waals surface area contributed by atoms with Gasteiger partial charge in [0.15, 0.2) is 0 Å². The number of halogens is 1. The second-order valence-corrected chi connectivity index (χ2v) is 4.48. The number of benzene rings is 1. The minimum Gasteiger partial charge on any atom is -0.358 e. The Morgan fingerprint density at radius 2 is 2.24 bits per heavy atom. The van der Waals surface area contributed by atoms with E-state index in [1.54, 1.807) is 13.0 Å². The van der Waals surface area contributed by atoms with Gasteiger partial charge in [0.05, 0.1) is 29.6 Å². The summed E-state index contributed by atoms with van der Waals surface area (Å²) in [6.45, 7) is 1.96. The highest BCUT2D eigenvalue weighted by molar-refractivity contribution is 5.90. The van der Waals surface area contributed by atoms with Gasteiger partial charge in [-0.3, -0.25) is 4.79 Å². The lowest BCUT2D eigenvalue weighted by Crippen LogP contribution is -2.15. The summed E-state index contributed by atoms with van der Waals surface area (Å²) in [6, 6.07) is 5.67. The molecule has 1 heterocycles. The van der Waals surface area contributed by atoms with Crippen LogP contribution in [0.5, 0.6) is 0 Å². The van der Waals surface area contributed by atoms with Crippen LogP contribution in [0, 0.1) is 22.9 Å². The van der Waals surface area contributed by atoms with Crippen molar-refractivity contribution >= 4 is 17.4 Å². The van der Waals surface area contributed by atoms with Crippen LogP contribution in [0.4, 0.5) is 15.9 Å². The standard InChI is InChI=1S/C13H13FN4O3/c1-9-2-3-10(14)11(8-9)15-13(19)5-7-17-6-4-12(16-17)18(20)21/h2-4,6,8H,5,7H2,1H3,(H,15,19).